The first kappa shape index (κ1) is 16.7. The molecule has 1 fully saturated rings. The second-order valence-electron chi connectivity index (χ2n) is 6.41. The van der Waals surface area contributed by atoms with Crippen molar-refractivity contribution in [3.05, 3.63) is 60.3 Å². The molecule has 0 saturated carbocycles. The molecule has 1 aliphatic rings. The summed E-state index contributed by atoms with van der Waals surface area (Å²) < 4.78 is 27.3. The van der Waals surface area contributed by atoms with Gasteiger partial charge in [0.2, 0.25) is 10.0 Å². The van der Waals surface area contributed by atoms with Gasteiger partial charge in [0, 0.05) is 36.4 Å². The number of nitrogens with zero attached hydrogens (tertiary/aromatic N) is 2. The number of aryl methyl sites for hydroxylation is 1. The van der Waals surface area contributed by atoms with Crippen molar-refractivity contribution in [3.63, 3.8) is 0 Å². The third-order valence-electron chi connectivity index (χ3n) is 4.65. The number of fused-ring (bicyclic) bond motifs is 1. The van der Waals surface area contributed by atoms with E-state index in [4.69, 9.17) is 0 Å². The Balaban J connectivity index is 1.56. The number of hydrogen-bond acceptors (Lipinski definition) is 3. The summed E-state index contributed by atoms with van der Waals surface area (Å²) in [5.41, 5.74) is 2.86. The van der Waals surface area contributed by atoms with Gasteiger partial charge in [-0.3, -0.25) is 9.10 Å². The first-order valence-electron chi connectivity index (χ1n) is 8.41. The molecule has 2 heterocycles. The molecule has 1 N–H and O–H groups in total. The maximum absolute atomic E-state index is 12.7. The first-order valence-corrected chi connectivity index (χ1v) is 10.0. The van der Waals surface area contributed by atoms with Crippen LogP contribution in [-0.2, 0) is 17.1 Å². The molecule has 2 aromatic carbocycles. The molecule has 0 radical (unpaired) electrons. The highest BCUT2D eigenvalue weighted by Crippen LogP contribution is 2.26. The van der Waals surface area contributed by atoms with Crippen LogP contribution in [0.2, 0.25) is 0 Å². The first-order chi connectivity index (χ1) is 12.5. The molecule has 134 valence electrons. The molecular weight excluding hydrogens is 350 g/mol. The van der Waals surface area contributed by atoms with Crippen LogP contribution in [0.3, 0.4) is 0 Å². The van der Waals surface area contributed by atoms with E-state index in [2.05, 4.69) is 5.32 Å². The highest BCUT2D eigenvalue weighted by molar-refractivity contribution is 7.93. The normalized spacial score (nSPS) is 16.1. The van der Waals surface area contributed by atoms with E-state index < -0.39 is 10.0 Å². The fourth-order valence-corrected chi connectivity index (χ4v) is 4.93. The largest absolute Gasteiger partial charge is 0.350 e. The molecule has 1 aliphatic heterocycles. The summed E-state index contributed by atoms with van der Waals surface area (Å²) in [5.74, 6) is -0.00428. The monoisotopic (exact) mass is 369 g/mol. The molecule has 6 nitrogen and oxygen atoms in total. The second kappa shape index (κ2) is 6.17. The van der Waals surface area contributed by atoms with Gasteiger partial charge in [-0.25, -0.2) is 8.42 Å². The molecule has 1 saturated heterocycles. The Labute approximate surface area is 152 Å². The lowest BCUT2D eigenvalue weighted by atomic mass is 10.1. The zero-order valence-electron chi connectivity index (χ0n) is 14.3. The number of amides is 1. The van der Waals surface area contributed by atoms with E-state index in [9.17, 15) is 13.2 Å². The fourth-order valence-electron chi connectivity index (χ4n) is 3.36. The van der Waals surface area contributed by atoms with Gasteiger partial charge in [-0.15, -0.1) is 0 Å². The van der Waals surface area contributed by atoms with E-state index >= 15 is 0 Å². The van der Waals surface area contributed by atoms with Crippen LogP contribution in [0.4, 0.5) is 11.4 Å². The third-order valence-corrected chi connectivity index (χ3v) is 6.52. The Morgan fingerprint density at radius 3 is 2.50 bits per heavy atom. The summed E-state index contributed by atoms with van der Waals surface area (Å²) in [7, 11) is -1.29. The van der Waals surface area contributed by atoms with Crippen molar-refractivity contribution in [2.24, 2.45) is 7.05 Å². The van der Waals surface area contributed by atoms with E-state index in [1.54, 1.807) is 24.3 Å². The molecule has 1 amide bonds. The number of anilines is 2. The minimum absolute atomic E-state index is 0.187. The summed E-state index contributed by atoms with van der Waals surface area (Å²) in [5, 5.41) is 3.78. The van der Waals surface area contributed by atoms with Crippen LogP contribution in [-0.4, -0.2) is 31.2 Å². The van der Waals surface area contributed by atoms with E-state index in [0.717, 1.165) is 10.9 Å². The van der Waals surface area contributed by atoms with E-state index in [-0.39, 0.29) is 11.7 Å². The molecule has 26 heavy (non-hydrogen) atoms. The number of aromatic nitrogens is 1. The summed E-state index contributed by atoms with van der Waals surface area (Å²) in [6.45, 7) is 0.504. The molecule has 0 bridgehead atoms. The zero-order valence-corrected chi connectivity index (χ0v) is 15.2. The Morgan fingerprint density at radius 1 is 1.08 bits per heavy atom. The number of benzene rings is 2. The highest BCUT2D eigenvalue weighted by Gasteiger charge is 2.28. The summed E-state index contributed by atoms with van der Waals surface area (Å²) >= 11 is 0. The summed E-state index contributed by atoms with van der Waals surface area (Å²) in [4.78, 5) is 12.7. The second-order valence-corrected chi connectivity index (χ2v) is 8.43. The van der Waals surface area contributed by atoms with Crippen LogP contribution in [0.15, 0.2) is 54.7 Å². The standard InChI is InChI=1S/C19H19N3O3S/c1-21-13-17(16-5-2-3-6-18(16)21)19(23)20-14-7-9-15(10-8-14)22-11-4-12-26(22,24)25/h2-3,5-10,13H,4,11-12H2,1H3,(H,20,23). The number of hydrogen-bond donors (Lipinski definition) is 1. The van der Waals surface area contributed by atoms with Crippen LogP contribution in [0.25, 0.3) is 10.9 Å². The predicted octanol–water partition coefficient (Wildman–Crippen LogP) is 2.97. The Morgan fingerprint density at radius 2 is 1.81 bits per heavy atom. The third kappa shape index (κ3) is 2.84. The van der Waals surface area contributed by atoms with Gasteiger partial charge in [-0.1, -0.05) is 18.2 Å². The van der Waals surface area contributed by atoms with Crippen molar-refractivity contribution in [3.8, 4) is 0 Å². The Hall–Kier alpha value is -2.80. The average Bonchev–Trinajstić information content (AvgIpc) is 3.15. The van der Waals surface area contributed by atoms with Gasteiger partial charge in [-0.05, 0) is 36.8 Å². The van der Waals surface area contributed by atoms with Gasteiger partial charge >= 0.3 is 0 Å². The van der Waals surface area contributed by atoms with Gasteiger partial charge in [0.25, 0.3) is 5.91 Å². The van der Waals surface area contributed by atoms with Crippen molar-refractivity contribution in [1.29, 1.82) is 0 Å². The van der Waals surface area contributed by atoms with Crippen molar-refractivity contribution in [2.45, 2.75) is 6.42 Å². The van der Waals surface area contributed by atoms with Crippen LogP contribution >= 0.6 is 0 Å². The quantitative estimate of drug-likeness (QED) is 0.771. The van der Waals surface area contributed by atoms with Gasteiger partial charge in [0.05, 0.1) is 17.0 Å². The van der Waals surface area contributed by atoms with Crippen LogP contribution in [0, 0.1) is 0 Å². The molecule has 0 aliphatic carbocycles. The molecule has 0 unspecified atom stereocenters. The smallest absolute Gasteiger partial charge is 0.257 e. The van der Waals surface area contributed by atoms with E-state index in [1.807, 2.05) is 42.1 Å². The average molecular weight is 369 g/mol. The number of carbonyl (C=O) groups excluding carboxylic acids is 1. The molecule has 0 atom stereocenters. The van der Waals surface area contributed by atoms with E-state index in [0.29, 0.717) is 29.9 Å². The topological polar surface area (TPSA) is 71.4 Å². The molecule has 1 aromatic heterocycles. The van der Waals surface area contributed by atoms with Crippen molar-refractivity contribution < 1.29 is 13.2 Å². The van der Waals surface area contributed by atoms with Gasteiger partial charge in [-0.2, -0.15) is 0 Å². The van der Waals surface area contributed by atoms with Crippen molar-refractivity contribution >= 4 is 38.2 Å². The summed E-state index contributed by atoms with van der Waals surface area (Å²) in [6, 6.07) is 14.6. The number of carbonyl (C=O) groups is 1. The van der Waals surface area contributed by atoms with Crippen molar-refractivity contribution in [2.75, 3.05) is 21.9 Å². The van der Waals surface area contributed by atoms with Crippen LogP contribution in [0.5, 0.6) is 0 Å². The van der Waals surface area contributed by atoms with E-state index in [1.165, 1.54) is 4.31 Å². The van der Waals surface area contributed by atoms with Crippen LogP contribution in [0.1, 0.15) is 16.8 Å². The minimum atomic E-state index is -3.20. The van der Waals surface area contributed by atoms with Crippen molar-refractivity contribution in [1.82, 2.24) is 4.57 Å². The number of para-hydroxylation sites is 1. The molecular formula is C19H19N3O3S. The Bertz CT molecular complexity index is 1080. The highest BCUT2D eigenvalue weighted by atomic mass is 32.2. The molecule has 7 heteroatoms. The maximum Gasteiger partial charge on any atom is 0.257 e. The summed E-state index contributed by atoms with van der Waals surface area (Å²) in [6.07, 6.45) is 2.45. The minimum Gasteiger partial charge on any atom is -0.350 e. The SMILES string of the molecule is Cn1cc(C(=O)Nc2ccc(N3CCCS3(=O)=O)cc2)c2ccccc21. The maximum atomic E-state index is 12.7. The predicted molar refractivity (Wildman–Crippen MR) is 103 cm³/mol. The van der Waals surface area contributed by atoms with Gasteiger partial charge in [0.1, 0.15) is 0 Å². The number of nitrogens with one attached hydrogen (secondary N) is 1. The molecule has 3 aromatic rings. The molecule has 0 spiro atoms. The number of sulfonamides is 1. The fraction of sp³-hybridized carbons (Fsp3) is 0.211. The molecule has 4 rings (SSSR count). The Kier molecular flexibility index (Phi) is 3.96. The number of rotatable bonds is 3. The van der Waals surface area contributed by atoms with Gasteiger partial charge in [0.15, 0.2) is 0 Å². The van der Waals surface area contributed by atoms with Crippen LogP contribution < -0.4 is 9.62 Å². The van der Waals surface area contributed by atoms with Gasteiger partial charge < -0.3 is 9.88 Å². The zero-order chi connectivity index (χ0) is 18.3. The lowest BCUT2D eigenvalue weighted by Gasteiger charge is -2.17. The lowest BCUT2D eigenvalue weighted by molar-refractivity contribution is 0.102. The lowest BCUT2D eigenvalue weighted by Crippen LogP contribution is -2.24.